The third-order valence-corrected chi connectivity index (χ3v) is 2.40. The number of hydrogen-bond donors (Lipinski definition) is 3. The first-order valence-electron chi connectivity index (χ1n) is 6.29. The maximum atomic E-state index is 11.3. The van der Waals surface area contributed by atoms with Crippen molar-refractivity contribution >= 4 is 41.9 Å². The minimum Gasteiger partial charge on any atom is -0.357 e. The van der Waals surface area contributed by atoms with Crippen LogP contribution in [0.1, 0.15) is 20.3 Å². The molecule has 8 heteroatoms. The van der Waals surface area contributed by atoms with Crippen molar-refractivity contribution in [3.05, 3.63) is 0 Å². The molecule has 1 rings (SSSR count). The number of amides is 3. The van der Waals surface area contributed by atoms with Crippen LogP contribution >= 0.6 is 24.0 Å². The summed E-state index contributed by atoms with van der Waals surface area (Å²) in [7, 11) is 0. The van der Waals surface area contributed by atoms with Crippen LogP contribution in [0.4, 0.5) is 4.79 Å². The van der Waals surface area contributed by atoms with E-state index in [1.54, 1.807) is 0 Å². The first-order valence-corrected chi connectivity index (χ1v) is 6.29. The molecule has 0 unspecified atom stereocenters. The Bertz CT molecular complexity index is 319. The molecule has 0 radical (unpaired) electrons. The minimum absolute atomic E-state index is 0. The van der Waals surface area contributed by atoms with Gasteiger partial charge < -0.3 is 16.0 Å². The number of guanidine groups is 1. The number of aliphatic imine (C=N–C) groups is 1. The van der Waals surface area contributed by atoms with Crippen molar-refractivity contribution in [2.75, 3.05) is 32.7 Å². The summed E-state index contributed by atoms with van der Waals surface area (Å²) in [5.74, 6) is 0.531. The number of carbonyl (C=O) groups excluding carboxylic acids is 2. The second-order valence-corrected chi connectivity index (χ2v) is 3.89. The monoisotopic (exact) mass is 383 g/mol. The van der Waals surface area contributed by atoms with Gasteiger partial charge in [-0.25, -0.2) is 4.79 Å². The molecule has 1 fully saturated rings. The summed E-state index contributed by atoms with van der Waals surface area (Å²) in [6.07, 6.45) is 0.976. The van der Waals surface area contributed by atoms with Gasteiger partial charge in [-0.1, -0.05) is 6.92 Å². The Morgan fingerprint density at radius 2 is 2.11 bits per heavy atom. The van der Waals surface area contributed by atoms with Crippen LogP contribution < -0.4 is 16.0 Å². The lowest BCUT2D eigenvalue weighted by molar-refractivity contribution is -0.124. The largest absolute Gasteiger partial charge is 0.357 e. The van der Waals surface area contributed by atoms with Gasteiger partial charge in [0, 0.05) is 26.2 Å². The third kappa shape index (κ3) is 6.08. The number of halogens is 1. The second kappa shape index (κ2) is 9.82. The fraction of sp³-hybridized carbons (Fsp3) is 0.727. The Morgan fingerprint density at radius 3 is 2.63 bits per heavy atom. The van der Waals surface area contributed by atoms with Crippen molar-refractivity contribution in [3.63, 3.8) is 0 Å². The van der Waals surface area contributed by atoms with Gasteiger partial charge in [0.25, 0.3) is 0 Å². The van der Waals surface area contributed by atoms with Crippen LogP contribution in [0.3, 0.4) is 0 Å². The Kier molecular flexibility index (Phi) is 9.27. The van der Waals surface area contributed by atoms with E-state index in [2.05, 4.69) is 27.9 Å². The summed E-state index contributed by atoms with van der Waals surface area (Å²) in [5, 5.41) is 8.67. The first kappa shape index (κ1) is 17.9. The van der Waals surface area contributed by atoms with E-state index in [9.17, 15) is 9.59 Å². The number of rotatable bonds is 6. The zero-order valence-electron chi connectivity index (χ0n) is 11.4. The molecule has 0 aromatic heterocycles. The van der Waals surface area contributed by atoms with Gasteiger partial charge in [0.05, 0.1) is 6.54 Å². The molecular weight excluding hydrogens is 361 g/mol. The maximum absolute atomic E-state index is 11.3. The van der Waals surface area contributed by atoms with E-state index in [0.717, 1.165) is 19.5 Å². The average Bonchev–Trinajstić information content (AvgIpc) is 2.67. The SMILES string of the molecule is CCCN=C(NCC)NCCN1C(=O)CNC1=O.I. The average molecular weight is 383 g/mol. The highest BCUT2D eigenvalue weighted by Crippen LogP contribution is 1.96. The smallest absolute Gasteiger partial charge is 0.324 e. The number of imide groups is 1. The van der Waals surface area contributed by atoms with Crippen LogP contribution in [0.2, 0.25) is 0 Å². The van der Waals surface area contributed by atoms with Crippen molar-refractivity contribution in [3.8, 4) is 0 Å². The van der Waals surface area contributed by atoms with Gasteiger partial charge in [0.1, 0.15) is 0 Å². The van der Waals surface area contributed by atoms with Crippen LogP contribution in [0.5, 0.6) is 0 Å². The van der Waals surface area contributed by atoms with Gasteiger partial charge >= 0.3 is 6.03 Å². The molecule has 0 atom stereocenters. The zero-order chi connectivity index (χ0) is 13.4. The van der Waals surface area contributed by atoms with E-state index in [-0.39, 0.29) is 42.5 Å². The lowest BCUT2D eigenvalue weighted by Crippen LogP contribution is -2.43. The number of carbonyl (C=O) groups is 2. The van der Waals surface area contributed by atoms with Gasteiger partial charge in [-0.2, -0.15) is 0 Å². The summed E-state index contributed by atoms with van der Waals surface area (Å²) in [5.41, 5.74) is 0. The predicted octanol–water partition coefficient (Wildman–Crippen LogP) is 0.121. The fourth-order valence-electron chi connectivity index (χ4n) is 1.53. The quantitative estimate of drug-likeness (QED) is 0.263. The summed E-state index contributed by atoms with van der Waals surface area (Å²) in [6, 6.07) is -0.322. The van der Waals surface area contributed by atoms with E-state index in [1.807, 2.05) is 6.92 Å². The van der Waals surface area contributed by atoms with Crippen molar-refractivity contribution in [1.82, 2.24) is 20.9 Å². The lowest BCUT2D eigenvalue weighted by atomic mass is 10.5. The van der Waals surface area contributed by atoms with Gasteiger partial charge in [0.15, 0.2) is 5.96 Å². The summed E-state index contributed by atoms with van der Waals surface area (Å²) >= 11 is 0. The zero-order valence-corrected chi connectivity index (χ0v) is 13.7. The van der Waals surface area contributed by atoms with E-state index in [0.29, 0.717) is 19.0 Å². The normalized spacial score (nSPS) is 15.1. The van der Waals surface area contributed by atoms with Gasteiger partial charge in [0.2, 0.25) is 5.91 Å². The number of urea groups is 1. The van der Waals surface area contributed by atoms with Crippen molar-refractivity contribution in [2.45, 2.75) is 20.3 Å². The first-order chi connectivity index (χ1) is 8.69. The fourth-order valence-corrected chi connectivity index (χ4v) is 1.53. The molecule has 19 heavy (non-hydrogen) atoms. The third-order valence-electron chi connectivity index (χ3n) is 2.40. The summed E-state index contributed by atoms with van der Waals surface area (Å²) in [4.78, 5) is 28.1. The molecule has 110 valence electrons. The molecule has 0 saturated carbocycles. The molecule has 0 aromatic carbocycles. The topological polar surface area (TPSA) is 85.8 Å². The summed E-state index contributed by atoms with van der Waals surface area (Å²) in [6.45, 7) is 6.51. The van der Waals surface area contributed by atoms with Gasteiger partial charge in [-0.05, 0) is 13.3 Å². The Hall–Kier alpha value is -1.06. The molecule has 1 heterocycles. The highest BCUT2D eigenvalue weighted by Gasteiger charge is 2.27. The number of nitrogens with zero attached hydrogens (tertiary/aromatic N) is 2. The van der Waals surface area contributed by atoms with Crippen LogP contribution in [-0.2, 0) is 4.79 Å². The molecule has 1 aliphatic rings. The maximum Gasteiger partial charge on any atom is 0.324 e. The Labute approximate surface area is 130 Å². The van der Waals surface area contributed by atoms with Crippen LogP contribution in [0.15, 0.2) is 4.99 Å². The highest BCUT2D eigenvalue weighted by atomic mass is 127. The second-order valence-electron chi connectivity index (χ2n) is 3.89. The molecule has 0 aromatic rings. The molecule has 3 amide bonds. The Balaban J connectivity index is 0.00000324. The number of nitrogens with one attached hydrogen (secondary N) is 3. The standard InChI is InChI=1S/C11H21N5O2.HI/c1-3-5-13-10(12-4-2)14-6-7-16-9(17)8-15-11(16)18;/h3-8H2,1-2H3,(H,15,18)(H2,12,13,14);1H. The molecule has 1 saturated heterocycles. The highest BCUT2D eigenvalue weighted by molar-refractivity contribution is 14.0. The Morgan fingerprint density at radius 1 is 1.37 bits per heavy atom. The molecule has 0 spiro atoms. The van der Waals surface area contributed by atoms with E-state index in [4.69, 9.17) is 0 Å². The molecule has 0 bridgehead atoms. The lowest BCUT2D eigenvalue weighted by Gasteiger charge is -2.15. The molecular formula is C11H22IN5O2. The van der Waals surface area contributed by atoms with E-state index < -0.39 is 0 Å². The van der Waals surface area contributed by atoms with Gasteiger partial charge in [-0.15, -0.1) is 24.0 Å². The van der Waals surface area contributed by atoms with Gasteiger partial charge in [-0.3, -0.25) is 14.7 Å². The van der Waals surface area contributed by atoms with E-state index >= 15 is 0 Å². The van der Waals surface area contributed by atoms with Crippen molar-refractivity contribution < 1.29 is 9.59 Å². The number of hydrogen-bond acceptors (Lipinski definition) is 3. The molecule has 7 nitrogen and oxygen atoms in total. The van der Waals surface area contributed by atoms with Crippen LogP contribution in [0, 0.1) is 0 Å². The molecule has 1 aliphatic heterocycles. The summed E-state index contributed by atoms with van der Waals surface area (Å²) < 4.78 is 0. The van der Waals surface area contributed by atoms with Crippen molar-refractivity contribution in [2.24, 2.45) is 4.99 Å². The molecule has 3 N–H and O–H groups in total. The van der Waals surface area contributed by atoms with E-state index in [1.165, 1.54) is 4.90 Å². The predicted molar refractivity (Wildman–Crippen MR) is 84.8 cm³/mol. The minimum atomic E-state index is -0.322. The van der Waals surface area contributed by atoms with Crippen LogP contribution in [0.25, 0.3) is 0 Å². The van der Waals surface area contributed by atoms with Crippen LogP contribution in [-0.4, -0.2) is 55.5 Å². The van der Waals surface area contributed by atoms with Crippen molar-refractivity contribution in [1.29, 1.82) is 0 Å². The molecule has 0 aliphatic carbocycles.